The zero-order chi connectivity index (χ0) is 11.8. The Morgan fingerprint density at radius 2 is 2.12 bits per heavy atom. The molecule has 0 radical (unpaired) electrons. The Hall–Kier alpha value is -1.55. The number of imidazole rings is 1. The molecule has 0 amide bonds. The van der Waals surface area contributed by atoms with Crippen molar-refractivity contribution in [2.24, 2.45) is 0 Å². The molecule has 1 saturated heterocycles. The minimum atomic E-state index is 0.448. The molecule has 1 aliphatic rings. The van der Waals surface area contributed by atoms with Gasteiger partial charge < -0.3 is 10.5 Å². The van der Waals surface area contributed by atoms with E-state index in [1.807, 2.05) is 16.7 Å². The van der Waals surface area contributed by atoms with Gasteiger partial charge in [0.15, 0.2) is 0 Å². The fourth-order valence-electron chi connectivity index (χ4n) is 2.46. The number of hydrogen-bond donors (Lipinski definition) is 1. The van der Waals surface area contributed by atoms with Gasteiger partial charge in [-0.15, -0.1) is 0 Å². The molecule has 4 heteroatoms. The van der Waals surface area contributed by atoms with Gasteiger partial charge in [-0.3, -0.25) is 4.40 Å². The molecule has 2 aromatic rings. The molecule has 0 aliphatic carbocycles. The van der Waals surface area contributed by atoms with Crippen molar-refractivity contribution in [2.45, 2.75) is 25.7 Å². The first kappa shape index (κ1) is 10.6. The van der Waals surface area contributed by atoms with Crippen LogP contribution < -0.4 is 5.73 Å². The number of aromatic nitrogens is 2. The molecular formula is C13H17N3O. The van der Waals surface area contributed by atoms with Crippen LogP contribution in [-0.2, 0) is 4.74 Å². The smallest absolute Gasteiger partial charge is 0.138 e. The molecule has 17 heavy (non-hydrogen) atoms. The average molecular weight is 231 g/mol. The summed E-state index contributed by atoms with van der Waals surface area (Å²) in [5.41, 5.74) is 9.37. The Morgan fingerprint density at radius 3 is 2.88 bits per heavy atom. The van der Waals surface area contributed by atoms with Gasteiger partial charge in [0, 0.05) is 25.3 Å². The second kappa shape index (κ2) is 4.04. The van der Waals surface area contributed by atoms with E-state index >= 15 is 0 Å². The molecule has 4 nitrogen and oxygen atoms in total. The lowest BCUT2D eigenvalue weighted by molar-refractivity contribution is 0.0847. The highest BCUT2D eigenvalue weighted by Crippen LogP contribution is 2.30. The van der Waals surface area contributed by atoms with Crippen LogP contribution in [0, 0.1) is 6.92 Å². The molecule has 0 bridgehead atoms. The summed E-state index contributed by atoms with van der Waals surface area (Å²) >= 11 is 0. The van der Waals surface area contributed by atoms with Crippen molar-refractivity contribution in [3.63, 3.8) is 0 Å². The SMILES string of the molecule is Cc1ccc2nc(C3CCOCC3)c(N)n2c1. The largest absolute Gasteiger partial charge is 0.383 e. The van der Waals surface area contributed by atoms with E-state index in [1.54, 1.807) is 0 Å². The molecule has 0 aromatic carbocycles. The van der Waals surface area contributed by atoms with Crippen molar-refractivity contribution < 1.29 is 4.74 Å². The summed E-state index contributed by atoms with van der Waals surface area (Å²) < 4.78 is 7.37. The Bertz CT molecular complexity index is 541. The summed E-state index contributed by atoms with van der Waals surface area (Å²) in [4.78, 5) is 4.66. The van der Waals surface area contributed by atoms with Crippen molar-refractivity contribution in [3.8, 4) is 0 Å². The van der Waals surface area contributed by atoms with Crippen molar-refractivity contribution in [2.75, 3.05) is 18.9 Å². The maximum absolute atomic E-state index is 6.20. The molecule has 0 unspecified atom stereocenters. The van der Waals surface area contributed by atoms with E-state index in [2.05, 4.69) is 18.0 Å². The van der Waals surface area contributed by atoms with Crippen LogP contribution in [0.5, 0.6) is 0 Å². The van der Waals surface area contributed by atoms with Crippen LogP contribution in [-0.4, -0.2) is 22.6 Å². The average Bonchev–Trinajstić information content (AvgIpc) is 2.68. The highest BCUT2D eigenvalue weighted by Gasteiger charge is 2.22. The number of fused-ring (bicyclic) bond motifs is 1. The van der Waals surface area contributed by atoms with Crippen molar-refractivity contribution >= 4 is 11.5 Å². The second-order valence-electron chi connectivity index (χ2n) is 4.70. The Labute approximate surface area is 100 Å². The van der Waals surface area contributed by atoms with Gasteiger partial charge in [-0.1, -0.05) is 6.07 Å². The predicted molar refractivity (Wildman–Crippen MR) is 67.1 cm³/mol. The van der Waals surface area contributed by atoms with E-state index in [1.165, 1.54) is 5.56 Å². The number of pyridine rings is 1. The first-order valence-electron chi connectivity index (χ1n) is 6.07. The fourth-order valence-corrected chi connectivity index (χ4v) is 2.46. The van der Waals surface area contributed by atoms with Crippen LogP contribution in [0.1, 0.15) is 30.0 Å². The molecule has 2 N–H and O–H groups in total. The minimum absolute atomic E-state index is 0.448. The topological polar surface area (TPSA) is 52.5 Å². The van der Waals surface area contributed by atoms with E-state index in [4.69, 9.17) is 10.5 Å². The van der Waals surface area contributed by atoms with Crippen LogP contribution in [0.3, 0.4) is 0 Å². The van der Waals surface area contributed by atoms with Crippen LogP contribution in [0.25, 0.3) is 5.65 Å². The molecule has 90 valence electrons. The Balaban J connectivity index is 2.07. The zero-order valence-corrected chi connectivity index (χ0v) is 10.0. The number of anilines is 1. The summed E-state index contributed by atoms with van der Waals surface area (Å²) in [7, 11) is 0. The lowest BCUT2D eigenvalue weighted by Gasteiger charge is -2.20. The number of nitrogens with two attached hydrogens (primary N) is 1. The van der Waals surface area contributed by atoms with E-state index < -0.39 is 0 Å². The van der Waals surface area contributed by atoms with E-state index in [-0.39, 0.29) is 0 Å². The van der Waals surface area contributed by atoms with Gasteiger partial charge in [0.05, 0.1) is 5.69 Å². The number of rotatable bonds is 1. The Kier molecular flexibility index (Phi) is 2.52. The van der Waals surface area contributed by atoms with Gasteiger partial charge in [0.1, 0.15) is 11.5 Å². The summed E-state index contributed by atoms with van der Waals surface area (Å²) in [6.07, 6.45) is 4.08. The summed E-state index contributed by atoms with van der Waals surface area (Å²) in [5, 5.41) is 0. The maximum atomic E-state index is 6.20. The first-order valence-corrected chi connectivity index (χ1v) is 6.07. The third kappa shape index (κ3) is 1.78. The maximum Gasteiger partial charge on any atom is 0.138 e. The molecule has 0 spiro atoms. The third-order valence-electron chi connectivity index (χ3n) is 3.44. The monoisotopic (exact) mass is 231 g/mol. The van der Waals surface area contributed by atoms with Crippen LogP contribution in [0.15, 0.2) is 18.3 Å². The van der Waals surface area contributed by atoms with Gasteiger partial charge >= 0.3 is 0 Å². The lowest BCUT2D eigenvalue weighted by atomic mass is 9.96. The molecular weight excluding hydrogens is 214 g/mol. The molecule has 2 aromatic heterocycles. The molecule has 3 rings (SSSR count). The number of ether oxygens (including phenoxy) is 1. The van der Waals surface area contributed by atoms with Gasteiger partial charge in [0.25, 0.3) is 0 Å². The third-order valence-corrected chi connectivity index (χ3v) is 3.44. The number of aryl methyl sites for hydroxylation is 1. The quantitative estimate of drug-likeness (QED) is 0.818. The molecule has 3 heterocycles. The van der Waals surface area contributed by atoms with Gasteiger partial charge in [-0.05, 0) is 31.4 Å². The summed E-state index contributed by atoms with van der Waals surface area (Å²) in [5.74, 6) is 1.24. The zero-order valence-electron chi connectivity index (χ0n) is 10.0. The van der Waals surface area contributed by atoms with E-state index in [0.29, 0.717) is 5.92 Å². The van der Waals surface area contributed by atoms with Crippen molar-refractivity contribution in [1.29, 1.82) is 0 Å². The minimum Gasteiger partial charge on any atom is -0.383 e. The Morgan fingerprint density at radius 1 is 1.35 bits per heavy atom. The van der Waals surface area contributed by atoms with Gasteiger partial charge in [-0.25, -0.2) is 4.98 Å². The van der Waals surface area contributed by atoms with Gasteiger partial charge in [-0.2, -0.15) is 0 Å². The standard InChI is InChI=1S/C13H17N3O/c1-9-2-3-11-15-12(13(14)16(11)8-9)10-4-6-17-7-5-10/h2-3,8,10H,4-7,14H2,1H3. The first-order chi connectivity index (χ1) is 8.25. The number of hydrogen-bond acceptors (Lipinski definition) is 3. The van der Waals surface area contributed by atoms with Crippen molar-refractivity contribution in [3.05, 3.63) is 29.6 Å². The lowest BCUT2D eigenvalue weighted by Crippen LogP contribution is -2.15. The molecule has 1 fully saturated rings. The fraction of sp³-hybridized carbons (Fsp3) is 0.462. The van der Waals surface area contributed by atoms with Crippen molar-refractivity contribution in [1.82, 2.24) is 9.38 Å². The predicted octanol–water partition coefficient (Wildman–Crippen LogP) is 2.12. The summed E-state index contributed by atoms with van der Waals surface area (Å²) in [6.45, 7) is 3.70. The number of nitrogen functional groups attached to an aromatic ring is 1. The second-order valence-corrected chi connectivity index (χ2v) is 4.70. The van der Waals surface area contributed by atoms with E-state index in [0.717, 1.165) is 43.2 Å². The normalized spacial score (nSPS) is 17.7. The van der Waals surface area contributed by atoms with Crippen LogP contribution >= 0.6 is 0 Å². The van der Waals surface area contributed by atoms with Gasteiger partial charge in [0.2, 0.25) is 0 Å². The highest BCUT2D eigenvalue weighted by atomic mass is 16.5. The number of nitrogens with zero attached hydrogens (tertiary/aromatic N) is 2. The molecule has 1 aliphatic heterocycles. The molecule has 0 saturated carbocycles. The molecule has 0 atom stereocenters. The highest BCUT2D eigenvalue weighted by molar-refractivity contribution is 5.54. The van der Waals surface area contributed by atoms with Crippen LogP contribution in [0.2, 0.25) is 0 Å². The summed E-state index contributed by atoms with van der Waals surface area (Å²) in [6, 6.07) is 4.09. The van der Waals surface area contributed by atoms with E-state index in [9.17, 15) is 0 Å². The van der Waals surface area contributed by atoms with Crippen LogP contribution in [0.4, 0.5) is 5.82 Å².